The molecule has 1 saturated carbocycles. The molecule has 0 N–H and O–H groups in total. The standard InChI is InChI=1S/C8H14BrNO3S/c9-6-14(11,12)10-4-5-13-8-3-1-2-7(8)10/h7-8H,1-6H2. The number of hydrogen-bond acceptors (Lipinski definition) is 3. The summed E-state index contributed by atoms with van der Waals surface area (Å²) in [4.78, 5) is 0. The van der Waals surface area contributed by atoms with Crippen molar-refractivity contribution >= 4 is 26.0 Å². The van der Waals surface area contributed by atoms with E-state index in [-0.39, 0.29) is 16.8 Å². The third kappa shape index (κ3) is 1.85. The van der Waals surface area contributed by atoms with Gasteiger partial charge in [0.2, 0.25) is 10.0 Å². The van der Waals surface area contributed by atoms with Crippen LogP contribution in [0.4, 0.5) is 0 Å². The monoisotopic (exact) mass is 283 g/mol. The molecular formula is C8H14BrNO3S. The Bertz CT molecular complexity index is 306. The summed E-state index contributed by atoms with van der Waals surface area (Å²) in [5.74, 6) is 0. The van der Waals surface area contributed by atoms with Crippen LogP contribution in [0.25, 0.3) is 0 Å². The molecule has 0 aromatic rings. The number of nitrogens with zero attached hydrogens (tertiary/aromatic N) is 1. The van der Waals surface area contributed by atoms with Crippen molar-refractivity contribution in [1.82, 2.24) is 4.31 Å². The highest BCUT2D eigenvalue weighted by Crippen LogP contribution is 2.31. The van der Waals surface area contributed by atoms with Crippen LogP contribution in [0.3, 0.4) is 0 Å². The second kappa shape index (κ2) is 4.08. The van der Waals surface area contributed by atoms with E-state index in [1.807, 2.05) is 0 Å². The molecule has 0 radical (unpaired) electrons. The number of alkyl halides is 1. The summed E-state index contributed by atoms with van der Waals surface area (Å²) in [6, 6.07) is 0.0892. The highest BCUT2D eigenvalue weighted by atomic mass is 79.9. The fourth-order valence-corrected chi connectivity index (χ4v) is 4.22. The Balaban J connectivity index is 2.18. The molecule has 0 bridgehead atoms. The molecule has 0 spiro atoms. The first-order chi connectivity index (χ1) is 6.65. The second-order valence-electron chi connectivity index (χ2n) is 3.74. The van der Waals surface area contributed by atoms with Gasteiger partial charge < -0.3 is 4.74 Å². The molecule has 1 aliphatic heterocycles. The van der Waals surface area contributed by atoms with Gasteiger partial charge in [0.05, 0.1) is 18.8 Å². The lowest BCUT2D eigenvalue weighted by molar-refractivity contribution is -0.0239. The van der Waals surface area contributed by atoms with Gasteiger partial charge in [0, 0.05) is 6.54 Å². The third-order valence-electron chi connectivity index (χ3n) is 2.93. The Morgan fingerprint density at radius 1 is 1.43 bits per heavy atom. The average Bonchev–Trinajstić information content (AvgIpc) is 2.64. The van der Waals surface area contributed by atoms with Crippen LogP contribution in [-0.2, 0) is 14.8 Å². The first-order valence-corrected chi connectivity index (χ1v) is 7.55. The zero-order valence-corrected chi connectivity index (χ0v) is 10.3. The molecule has 0 aromatic carbocycles. The van der Waals surface area contributed by atoms with Crippen LogP contribution in [-0.4, -0.2) is 42.7 Å². The van der Waals surface area contributed by atoms with E-state index >= 15 is 0 Å². The maximum absolute atomic E-state index is 11.7. The molecule has 4 nitrogen and oxygen atoms in total. The number of morpholine rings is 1. The van der Waals surface area contributed by atoms with Crippen LogP contribution in [0.5, 0.6) is 0 Å². The third-order valence-corrected chi connectivity index (χ3v) is 6.11. The summed E-state index contributed by atoms with van der Waals surface area (Å²) >= 11 is 3.03. The SMILES string of the molecule is O=S(=O)(CBr)N1CCOC2CCCC21. The van der Waals surface area contributed by atoms with Gasteiger partial charge in [-0.15, -0.1) is 0 Å². The van der Waals surface area contributed by atoms with Crippen molar-refractivity contribution in [1.29, 1.82) is 0 Å². The summed E-state index contributed by atoms with van der Waals surface area (Å²) in [5, 5.41) is 0. The Labute approximate surface area is 92.8 Å². The van der Waals surface area contributed by atoms with Gasteiger partial charge in [0.15, 0.2) is 0 Å². The van der Waals surface area contributed by atoms with Gasteiger partial charge in [0.1, 0.15) is 4.66 Å². The molecule has 6 heteroatoms. The maximum Gasteiger partial charge on any atom is 0.224 e. The lowest BCUT2D eigenvalue weighted by Crippen LogP contribution is -2.51. The minimum absolute atomic E-state index is 0.0171. The van der Waals surface area contributed by atoms with Crippen molar-refractivity contribution in [2.24, 2.45) is 0 Å². The number of ether oxygens (including phenoxy) is 1. The van der Waals surface area contributed by atoms with Gasteiger partial charge in [-0.2, -0.15) is 4.31 Å². The maximum atomic E-state index is 11.7. The topological polar surface area (TPSA) is 46.6 Å². The first-order valence-electron chi connectivity index (χ1n) is 4.82. The van der Waals surface area contributed by atoms with Crippen molar-refractivity contribution in [3.05, 3.63) is 0 Å². The smallest absolute Gasteiger partial charge is 0.224 e. The Morgan fingerprint density at radius 3 is 2.93 bits per heavy atom. The number of hydrogen-bond donors (Lipinski definition) is 0. The Kier molecular flexibility index (Phi) is 3.16. The second-order valence-corrected chi connectivity index (χ2v) is 6.96. The van der Waals surface area contributed by atoms with Crippen molar-refractivity contribution in [2.75, 3.05) is 17.8 Å². The molecule has 2 atom stereocenters. The molecule has 14 heavy (non-hydrogen) atoms. The number of sulfonamides is 1. The predicted octanol–water partition coefficient (Wildman–Crippen LogP) is 0.922. The van der Waals surface area contributed by atoms with Crippen LogP contribution in [0.1, 0.15) is 19.3 Å². The van der Waals surface area contributed by atoms with Crippen LogP contribution in [0.2, 0.25) is 0 Å². The molecular weight excluding hydrogens is 270 g/mol. The molecule has 2 rings (SSSR count). The zero-order valence-electron chi connectivity index (χ0n) is 7.86. The van der Waals surface area contributed by atoms with E-state index in [0.29, 0.717) is 13.2 Å². The number of rotatable bonds is 2. The Hall–Kier alpha value is 0.350. The molecule has 0 aromatic heterocycles. The van der Waals surface area contributed by atoms with Crippen LogP contribution in [0.15, 0.2) is 0 Å². The largest absolute Gasteiger partial charge is 0.375 e. The van der Waals surface area contributed by atoms with Gasteiger partial charge in [-0.3, -0.25) is 0 Å². The summed E-state index contributed by atoms with van der Waals surface area (Å²) in [6.45, 7) is 1.04. The lowest BCUT2D eigenvalue weighted by Gasteiger charge is -2.36. The van der Waals surface area contributed by atoms with E-state index in [0.717, 1.165) is 19.3 Å². The zero-order chi connectivity index (χ0) is 10.2. The van der Waals surface area contributed by atoms with Gasteiger partial charge >= 0.3 is 0 Å². The molecule has 2 fully saturated rings. The fraction of sp³-hybridized carbons (Fsp3) is 1.00. The predicted molar refractivity (Wildman–Crippen MR) is 56.8 cm³/mol. The van der Waals surface area contributed by atoms with Crippen LogP contribution in [0, 0.1) is 0 Å². The quantitative estimate of drug-likeness (QED) is 0.708. The summed E-state index contributed by atoms with van der Waals surface area (Å²) in [5.41, 5.74) is 0. The number of halogens is 1. The van der Waals surface area contributed by atoms with Gasteiger partial charge in [-0.1, -0.05) is 15.9 Å². The van der Waals surface area contributed by atoms with Crippen molar-refractivity contribution in [3.8, 4) is 0 Å². The summed E-state index contributed by atoms with van der Waals surface area (Å²) in [6.07, 6.45) is 3.15. The average molecular weight is 284 g/mol. The van der Waals surface area contributed by atoms with E-state index in [2.05, 4.69) is 15.9 Å². The lowest BCUT2D eigenvalue weighted by atomic mass is 10.2. The minimum Gasteiger partial charge on any atom is -0.375 e. The summed E-state index contributed by atoms with van der Waals surface area (Å²) < 4.78 is 30.6. The normalized spacial score (nSPS) is 34.4. The number of fused-ring (bicyclic) bond motifs is 1. The van der Waals surface area contributed by atoms with E-state index in [1.165, 1.54) is 0 Å². The fourth-order valence-electron chi connectivity index (χ4n) is 2.30. The molecule has 1 saturated heterocycles. The molecule has 1 aliphatic carbocycles. The first kappa shape index (κ1) is 10.9. The van der Waals surface area contributed by atoms with Crippen molar-refractivity contribution < 1.29 is 13.2 Å². The Morgan fingerprint density at radius 2 is 2.21 bits per heavy atom. The van der Waals surface area contributed by atoms with E-state index in [1.54, 1.807) is 4.31 Å². The van der Waals surface area contributed by atoms with Crippen LogP contribution < -0.4 is 0 Å². The summed E-state index contributed by atoms with van der Waals surface area (Å²) in [7, 11) is -3.11. The van der Waals surface area contributed by atoms with Gasteiger partial charge in [-0.25, -0.2) is 8.42 Å². The van der Waals surface area contributed by atoms with Crippen LogP contribution >= 0.6 is 15.9 Å². The molecule has 2 unspecified atom stereocenters. The molecule has 82 valence electrons. The molecule has 1 heterocycles. The van der Waals surface area contributed by atoms with E-state index in [9.17, 15) is 8.42 Å². The van der Waals surface area contributed by atoms with E-state index < -0.39 is 10.0 Å². The highest BCUT2D eigenvalue weighted by molar-refractivity contribution is 9.10. The molecule has 2 aliphatic rings. The highest BCUT2D eigenvalue weighted by Gasteiger charge is 2.41. The molecule has 0 amide bonds. The van der Waals surface area contributed by atoms with Crippen molar-refractivity contribution in [3.63, 3.8) is 0 Å². The van der Waals surface area contributed by atoms with Gasteiger partial charge in [0.25, 0.3) is 0 Å². The van der Waals surface area contributed by atoms with Crippen molar-refractivity contribution in [2.45, 2.75) is 31.4 Å². The van der Waals surface area contributed by atoms with Gasteiger partial charge in [-0.05, 0) is 19.3 Å². The minimum atomic E-state index is -3.11. The van der Waals surface area contributed by atoms with E-state index in [4.69, 9.17) is 4.74 Å².